The third-order valence-corrected chi connectivity index (χ3v) is 4.42. The monoisotopic (exact) mass is 422 g/mol. The highest BCUT2D eigenvalue weighted by atomic mass is 19.4. The van der Waals surface area contributed by atoms with Crippen molar-refractivity contribution in [1.29, 1.82) is 0 Å². The van der Waals surface area contributed by atoms with Gasteiger partial charge < -0.3 is 14.8 Å². The highest BCUT2D eigenvalue weighted by molar-refractivity contribution is 6.06. The minimum atomic E-state index is -4.57. The van der Waals surface area contributed by atoms with E-state index in [9.17, 15) is 22.8 Å². The van der Waals surface area contributed by atoms with Gasteiger partial charge in [0, 0.05) is 0 Å². The number of nitrogens with one attached hydrogen (secondary N) is 1. The van der Waals surface area contributed by atoms with Crippen LogP contribution in [0.1, 0.15) is 25.8 Å². The minimum Gasteiger partial charge on any atom is -0.491 e. The van der Waals surface area contributed by atoms with Crippen molar-refractivity contribution in [3.63, 3.8) is 0 Å². The van der Waals surface area contributed by atoms with Crippen molar-refractivity contribution in [2.75, 3.05) is 23.4 Å². The molecule has 1 unspecified atom stereocenters. The van der Waals surface area contributed by atoms with Gasteiger partial charge in [0.2, 0.25) is 5.91 Å². The molecule has 6 nitrogen and oxygen atoms in total. The number of halogens is 3. The van der Waals surface area contributed by atoms with Crippen LogP contribution in [0.15, 0.2) is 42.5 Å². The molecule has 30 heavy (non-hydrogen) atoms. The number of ether oxygens (including phenoxy) is 2. The zero-order valence-corrected chi connectivity index (χ0v) is 16.5. The number of anilines is 2. The summed E-state index contributed by atoms with van der Waals surface area (Å²) in [6.45, 7) is 3.31. The van der Waals surface area contributed by atoms with Crippen molar-refractivity contribution in [2.24, 2.45) is 0 Å². The number of fused-ring (bicyclic) bond motifs is 1. The van der Waals surface area contributed by atoms with E-state index in [1.807, 2.05) is 6.92 Å². The third-order valence-electron chi connectivity index (χ3n) is 4.42. The summed E-state index contributed by atoms with van der Waals surface area (Å²) < 4.78 is 50.3. The second-order valence-corrected chi connectivity index (χ2v) is 6.76. The Morgan fingerprint density at radius 3 is 2.67 bits per heavy atom. The molecule has 0 aliphatic carbocycles. The standard InChI is InChI=1S/C21H21F3N2O4/c1-3-10-29-17-9-8-14(21(22,23)24)11-15(17)25-19(27)12-26-16-6-4-5-7-18(16)30-13(2)20(26)28/h4-9,11,13H,3,10,12H2,1-2H3,(H,25,27). The molecule has 1 heterocycles. The van der Waals surface area contributed by atoms with Crippen molar-refractivity contribution < 1.29 is 32.2 Å². The average Bonchev–Trinajstić information content (AvgIpc) is 2.69. The lowest BCUT2D eigenvalue weighted by molar-refractivity contribution is -0.137. The molecular formula is C21H21F3N2O4. The van der Waals surface area contributed by atoms with Crippen LogP contribution in [-0.4, -0.2) is 31.1 Å². The lowest BCUT2D eigenvalue weighted by Gasteiger charge is -2.32. The van der Waals surface area contributed by atoms with Crippen molar-refractivity contribution in [3.05, 3.63) is 48.0 Å². The van der Waals surface area contributed by atoms with Gasteiger partial charge in [-0.05, 0) is 43.7 Å². The fourth-order valence-corrected chi connectivity index (χ4v) is 3.00. The van der Waals surface area contributed by atoms with Crippen LogP contribution >= 0.6 is 0 Å². The van der Waals surface area contributed by atoms with Crippen LogP contribution in [0.5, 0.6) is 11.5 Å². The Kier molecular flexibility index (Phi) is 6.19. The molecule has 2 aromatic carbocycles. The maximum Gasteiger partial charge on any atom is 0.416 e. The molecule has 0 saturated heterocycles. The molecule has 1 atom stereocenters. The van der Waals surface area contributed by atoms with E-state index >= 15 is 0 Å². The van der Waals surface area contributed by atoms with Crippen LogP contribution < -0.4 is 19.7 Å². The normalized spacial score (nSPS) is 16.0. The van der Waals surface area contributed by atoms with Gasteiger partial charge in [-0.2, -0.15) is 13.2 Å². The highest BCUT2D eigenvalue weighted by Crippen LogP contribution is 2.36. The first-order valence-electron chi connectivity index (χ1n) is 9.41. The van der Waals surface area contributed by atoms with Crippen LogP contribution in [0.4, 0.5) is 24.5 Å². The maximum atomic E-state index is 13.1. The summed E-state index contributed by atoms with van der Waals surface area (Å²) in [5, 5.41) is 2.45. The van der Waals surface area contributed by atoms with E-state index in [0.717, 1.165) is 12.1 Å². The molecule has 1 aliphatic heterocycles. The van der Waals surface area contributed by atoms with E-state index in [4.69, 9.17) is 9.47 Å². The summed E-state index contributed by atoms with van der Waals surface area (Å²) >= 11 is 0. The van der Waals surface area contributed by atoms with Crippen molar-refractivity contribution in [3.8, 4) is 11.5 Å². The number of amides is 2. The van der Waals surface area contributed by atoms with Gasteiger partial charge in [0.15, 0.2) is 6.10 Å². The first-order valence-corrected chi connectivity index (χ1v) is 9.41. The van der Waals surface area contributed by atoms with E-state index in [2.05, 4.69) is 5.32 Å². The van der Waals surface area contributed by atoms with Crippen LogP contribution in [0.3, 0.4) is 0 Å². The van der Waals surface area contributed by atoms with E-state index in [1.54, 1.807) is 31.2 Å². The smallest absolute Gasteiger partial charge is 0.416 e. The van der Waals surface area contributed by atoms with Crippen molar-refractivity contribution in [2.45, 2.75) is 32.5 Å². The molecule has 1 N–H and O–H groups in total. The third kappa shape index (κ3) is 4.67. The Balaban J connectivity index is 1.84. The summed E-state index contributed by atoms with van der Waals surface area (Å²) in [6.07, 6.45) is -4.72. The predicted molar refractivity (Wildman–Crippen MR) is 105 cm³/mol. The van der Waals surface area contributed by atoms with Gasteiger partial charge >= 0.3 is 6.18 Å². The second-order valence-electron chi connectivity index (χ2n) is 6.76. The molecule has 2 aromatic rings. The van der Waals surface area contributed by atoms with Gasteiger partial charge in [0.25, 0.3) is 5.91 Å². The van der Waals surface area contributed by atoms with Gasteiger partial charge in [-0.15, -0.1) is 0 Å². The quantitative estimate of drug-likeness (QED) is 0.756. The van der Waals surface area contributed by atoms with Crippen molar-refractivity contribution >= 4 is 23.2 Å². The van der Waals surface area contributed by atoms with Gasteiger partial charge in [-0.25, -0.2) is 0 Å². The molecule has 0 bridgehead atoms. The number of alkyl halides is 3. The SMILES string of the molecule is CCCOc1ccc(C(F)(F)F)cc1NC(=O)CN1C(=O)C(C)Oc2ccccc21. The van der Waals surface area contributed by atoms with Crippen molar-refractivity contribution in [1.82, 2.24) is 0 Å². The zero-order valence-electron chi connectivity index (χ0n) is 16.5. The molecule has 160 valence electrons. The first-order chi connectivity index (χ1) is 14.2. The molecule has 1 aliphatic rings. The second kappa shape index (κ2) is 8.64. The summed E-state index contributed by atoms with van der Waals surface area (Å²) in [5.41, 5.74) is -0.601. The molecule has 2 amide bonds. The first kappa shape index (κ1) is 21.5. The highest BCUT2D eigenvalue weighted by Gasteiger charge is 2.34. The number of carbonyl (C=O) groups is 2. The summed E-state index contributed by atoms with van der Waals surface area (Å²) in [6, 6.07) is 9.62. The molecule has 0 fully saturated rings. The Morgan fingerprint density at radius 1 is 1.23 bits per heavy atom. The Hall–Kier alpha value is -3.23. The molecule has 9 heteroatoms. The molecule has 3 rings (SSSR count). The van der Waals surface area contributed by atoms with Crippen LogP contribution in [0.2, 0.25) is 0 Å². The summed E-state index contributed by atoms with van der Waals surface area (Å²) in [7, 11) is 0. The predicted octanol–water partition coefficient (Wildman–Crippen LogP) is 4.25. The molecular weight excluding hydrogens is 401 g/mol. The van der Waals surface area contributed by atoms with Gasteiger partial charge in [0.1, 0.15) is 18.0 Å². The van der Waals surface area contributed by atoms with E-state index in [0.29, 0.717) is 17.9 Å². The topological polar surface area (TPSA) is 67.9 Å². The number of carbonyl (C=O) groups excluding carboxylic acids is 2. The van der Waals surface area contributed by atoms with E-state index in [1.165, 1.54) is 11.0 Å². The summed E-state index contributed by atoms with van der Waals surface area (Å²) in [5.74, 6) is -0.507. The Labute approximate surface area is 171 Å². The lowest BCUT2D eigenvalue weighted by atomic mass is 10.1. The number of benzene rings is 2. The van der Waals surface area contributed by atoms with Gasteiger partial charge in [0.05, 0.1) is 23.5 Å². The lowest BCUT2D eigenvalue weighted by Crippen LogP contribution is -2.47. The van der Waals surface area contributed by atoms with E-state index < -0.39 is 29.7 Å². The van der Waals surface area contributed by atoms with Gasteiger partial charge in [-0.3, -0.25) is 14.5 Å². The number of hydrogen-bond donors (Lipinski definition) is 1. The van der Waals surface area contributed by atoms with E-state index in [-0.39, 0.29) is 24.6 Å². The fraction of sp³-hybridized carbons (Fsp3) is 0.333. The summed E-state index contributed by atoms with van der Waals surface area (Å²) in [4.78, 5) is 26.4. The Bertz CT molecular complexity index is 946. The van der Waals surface area contributed by atoms with Crippen LogP contribution in [0, 0.1) is 0 Å². The number of para-hydroxylation sites is 2. The number of hydrogen-bond acceptors (Lipinski definition) is 4. The van der Waals surface area contributed by atoms with Gasteiger partial charge in [-0.1, -0.05) is 19.1 Å². The molecule has 0 saturated carbocycles. The fourth-order valence-electron chi connectivity index (χ4n) is 3.00. The number of rotatable bonds is 6. The maximum absolute atomic E-state index is 13.1. The molecule has 0 spiro atoms. The number of nitrogens with zero attached hydrogens (tertiary/aromatic N) is 1. The molecule has 0 radical (unpaired) electrons. The Morgan fingerprint density at radius 2 is 1.97 bits per heavy atom. The zero-order chi connectivity index (χ0) is 21.9. The largest absolute Gasteiger partial charge is 0.491 e. The van der Waals surface area contributed by atoms with Crippen LogP contribution in [-0.2, 0) is 15.8 Å². The van der Waals surface area contributed by atoms with Crippen LogP contribution in [0.25, 0.3) is 0 Å². The molecule has 0 aromatic heterocycles. The minimum absolute atomic E-state index is 0.106. The average molecular weight is 422 g/mol.